The minimum atomic E-state index is -0.293. The Hall–Kier alpha value is -2.07. The van der Waals surface area contributed by atoms with Gasteiger partial charge in [-0.2, -0.15) is 0 Å². The average Bonchev–Trinajstić information content (AvgIpc) is 2.38. The minimum Gasteiger partial charge on any atom is -0.508 e. The second-order valence-corrected chi connectivity index (χ2v) is 5.00. The number of phenolic OH excluding ortho intramolecular Hbond substituents is 1. The molecule has 0 saturated heterocycles. The molecule has 1 atom stereocenters. The molecule has 0 aliphatic heterocycles. The Labute approximate surface area is 122 Å². The number of hydrogen-bond donors (Lipinski definition) is 2. The number of carbonyl (C=O) groups is 1. The number of aromatic hydroxyl groups is 1. The summed E-state index contributed by atoms with van der Waals surface area (Å²) >= 11 is 6.04. The van der Waals surface area contributed by atoms with E-state index in [-0.39, 0.29) is 17.7 Å². The predicted molar refractivity (Wildman–Crippen MR) is 78.0 cm³/mol. The van der Waals surface area contributed by atoms with Crippen molar-refractivity contribution < 1.29 is 9.90 Å². The van der Waals surface area contributed by atoms with Crippen LogP contribution in [0.5, 0.6) is 5.75 Å². The molecule has 1 heterocycles. The molecular weight excluding hydrogens is 276 g/mol. The van der Waals surface area contributed by atoms with Crippen LogP contribution in [0.3, 0.4) is 0 Å². The van der Waals surface area contributed by atoms with Crippen LogP contribution in [0, 0.1) is 6.92 Å². The molecule has 0 spiro atoms. The number of amides is 1. The summed E-state index contributed by atoms with van der Waals surface area (Å²) in [5.41, 5.74) is 1.91. The Bertz CT molecular complexity index is 644. The molecule has 0 fully saturated rings. The van der Waals surface area contributed by atoms with Crippen molar-refractivity contribution >= 4 is 17.5 Å². The second-order valence-electron chi connectivity index (χ2n) is 4.60. The van der Waals surface area contributed by atoms with E-state index >= 15 is 0 Å². The smallest absolute Gasteiger partial charge is 0.254 e. The number of hydrogen-bond acceptors (Lipinski definition) is 3. The lowest BCUT2D eigenvalue weighted by Gasteiger charge is -2.15. The van der Waals surface area contributed by atoms with Crippen molar-refractivity contribution in [1.29, 1.82) is 0 Å². The Balaban J connectivity index is 2.15. The number of nitrogens with one attached hydrogen (secondary N) is 1. The minimum absolute atomic E-state index is 0.165. The van der Waals surface area contributed by atoms with Gasteiger partial charge >= 0.3 is 0 Å². The molecule has 0 bridgehead atoms. The van der Waals surface area contributed by atoms with Crippen LogP contribution in [0.2, 0.25) is 5.02 Å². The lowest BCUT2D eigenvalue weighted by Crippen LogP contribution is -2.27. The second kappa shape index (κ2) is 5.92. The van der Waals surface area contributed by atoms with Crippen LogP contribution >= 0.6 is 11.6 Å². The summed E-state index contributed by atoms with van der Waals surface area (Å²) in [6.07, 6.45) is 1.46. The average molecular weight is 291 g/mol. The zero-order chi connectivity index (χ0) is 14.7. The zero-order valence-electron chi connectivity index (χ0n) is 11.2. The quantitative estimate of drug-likeness (QED) is 0.912. The predicted octanol–water partition coefficient (Wildman–Crippen LogP) is 3.24. The van der Waals surface area contributed by atoms with Crippen molar-refractivity contribution in [2.75, 3.05) is 0 Å². The van der Waals surface area contributed by atoms with Gasteiger partial charge in [-0.3, -0.25) is 9.78 Å². The molecule has 1 unspecified atom stereocenters. The number of aryl methyl sites for hydroxylation is 1. The van der Waals surface area contributed by atoms with E-state index < -0.39 is 0 Å². The van der Waals surface area contributed by atoms with Crippen molar-refractivity contribution in [3.63, 3.8) is 0 Å². The van der Waals surface area contributed by atoms with Crippen LogP contribution in [0.25, 0.3) is 0 Å². The number of benzene rings is 1. The van der Waals surface area contributed by atoms with Gasteiger partial charge in [-0.1, -0.05) is 23.7 Å². The van der Waals surface area contributed by atoms with E-state index in [4.69, 9.17) is 11.6 Å². The molecule has 1 amide bonds. The van der Waals surface area contributed by atoms with Crippen LogP contribution < -0.4 is 5.32 Å². The first-order valence-corrected chi connectivity index (χ1v) is 6.57. The molecule has 0 radical (unpaired) electrons. The van der Waals surface area contributed by atoms with Crippen molar-refractivity contribution in [3.8, 4) is 5.75 Å². The maximum Gasteiger partial charge on any atom is 0.254 e. The van der Waals surface area contributed by atoms with E-state index in [2.05, 4.69) is 10.3 Å². The lowest BCUT2D eigenvalue weighted by molar-refractivity contribution is 0.0939. The fourth-order valence-electron chi connectivity index (χ4n) is 1.85. The van der Waals surface area contributed by atoms with E-state index in [0.717, 1.165) is 11.3 Å². The van der Waals surface area contributed by atoms with Gasteiger partial charge in [0.05, 0.1) is 16.6 Å². The molecule has 0 saturated carbocycles. The first-order valence-electron chi connectivity index (χ1n) is 6.19. The number of aromatic nitrogens is 1. The largest absolute Gasteiger partial charge is 0.508 e. The molecule has 1 aromatic carbocycles. The van der Waals surface area contributed by atoms with Gasteiger partial charge in [0.15, 0.2) is 0 Å². The van der Waals surface area contributed by atoms with Crippen LogP contribution in [0.15, 0.2) is 36.5 Å². The highest BCUT2D eigenvalue weighted by Crippen LogP contribution is 2.20. The van der Waals surface area contributed by atoms with Gasteiger partial charge in [-0.15, -0.1) is 0 Å². The Morgan fingerprint density at radius 3 is 2.80 bits per heavy atom. The first kappa shape index (κ1) is 14.3. The SMILES string of the molecule is Cc1cc(Cl)c(C(=O)NC(C)c2cccc(O)c2)cn1. The standard InChI is InChI=1S/C15H15ClN2O2/c1-9-6-14(16)13(8-17-9)15(20)18-10(2)11-4-3-5-12(19)7-11/h3-8,10,19H,1-2H3,(H,18,20). The van der Waals surface area contributed by atoms with Gasteiger partial charge in [0.1, 0.15) is 5.75 Å². The Kier molecular flexibility index (Phi) is 4.25. The summed E-state index contributed by atoms with van der Waals surface area (Å²) in [4.78, 5) is 16.2. The van der Waals surface area contributed by atoms with E-state index in [9.17, 15) is 9.90 Å². The van der Waals surface area contributed by atoms with Crippen LogP contribution in [0.4, 0.5) is 0 Å². The third-order valence-corrected chi connectivity index (χ3v) is 3.27. The summed E-state index contributed by atoms with van der Waals surface area (Å²) < 4.78 is 0. The van der Waals surface area contributed by atoms with E-state index in [0.29, 0.717) is 10.6 Å². The van der Waals surface area contributed by atoms with Gasteiger partial charge in [-0.25, -0.2) is 0 Å². The van der Waals surface area contributed by atoms with Crippen molar-refractivity contribution in [3.05, 3.63) is 58.4 Å². The number of pyridine rings is 1. The fourth-order valence-corrected chi connectivity index (χ4v) is 2.14. The van der Waals surface area contributed by atoms with Gasteiger partial charge < -0.3 is 10.4 Å². The van der Waals surface area contributed by atoms with Crippen molar-refractivity contribution in [1.82, 2.24) is 10.3 Å². The maximum atomic E-state index is 12.1. The normalized spacial score (nSPS) is 11.9. The summed E-state index contributed by atoms with van der Waals surface area (Å²) in [6, 6.07) is 8.16. The highest BCUT2D eigenvalue weighted by Gasteiger charge is 2.15. The van der Waals surface area contributed by atoms with Crippen LogP contribution in [0.1, 0.15) is 34.6 Å². The monoisotopic (exact) mass is 290 g/mol. The van der Waals surface area contributed by atoms with Gasteiger partial charge in [0.2, 0.25) is 0 Å². The molecule has 20 heavy (non-hydrogen) atoms. The fraction of sp³-hybridized carbons (Fsp3) is 0.200. The van der Waals surface area contributed by atoms with E-state index in [1.54, 1.807) is 24.3 Å². The Morgan fingerprint density at radius 2 is 2.15 bits per heavy atom. The highest BCUT2D eigenvalue weighted by molar-refractivity contribution is 6.33. The zero-order valence-corrected chi connectivity index (χ0v) is 12.0. The van der Waals surface area contributed by atoms with E-state index in [1.165, 1.54) is 6.20 Å². The number of nitrogens with zero attached hydrogens (tertiary/aromatic N) is 1. The molecule has 2 aromatic rings. The molecule has 0 aliphatic rings. The molecule has 1 aromatic heterocycles. The molecule has 2 N–H and O–H groups in total. The highest BCUT2D eigenvalue weighted by atomic mass is 35.5. The molecule has 4 nitrogen and oxygen atoms in total. The first-order chi connectivity index (χ1) is 9.47. The number of rotatable bonds is 3. The van der Waals surface area contributed by atoms with Gasteiger partial charge in [0, 0.05) is 11.9 Å². The topological polar surface area (TPSA) is 62.2 Å². The van der Waals surface area contributed by atoms with Crippen LogP contribution in [-0.2, 0) is 0 Å². The van der Waals surface area contributed by atoms with Gasteiger partial charge in [-0.05, 0) is 37.6 Å². The third-order valence-electron chi connectivity index (χ3n) is 2.95. The number of phenols is 1. The summed E-state index contributed by atoms with van der Waals surface area (Å²) in [5.74, 6) is -0.128. The van der Waals surface area contributed by atoms with Crippen molar-refractivity contribution in [2.45, 2.75) is 19.9 Å². The molecule has 104 valence electrons. The lowest BCUT2D eigenvalue weighted by atomic mass is 10.1. The van der Waals surface area contributed by atoms with Crippen LogP contribution in [-0.4, -0.2) is 16.0 Å². The number of halogens is 1. The van der Waals surface area contributed by atoms with E-state index in [1.807, 2.05) is 19.9 Å². The van der Waals surface area contributed by atoms with Gasteiger partial charge in [0.25, 0.3) is 5.91 Å². The molecule has 5 heteroatoms. The molecule has 2 rings (SSSR count). The molecular formula is C15H15ClN2O2. The van der Waals surface area contributed by atoms with Crippen molar-refractivity contribution in [2.24, 2.45) is 0 Å². The Morgan fingerprint density at radius 1 is 1.40 bits per heavy atom. The third kappa shape index (κ3) is 3.27. The summed E-state index contributed by atoms with van der Waals surface area (Å²) in [5, 5.41) is 12.6. The summed E-state index contributed by atoms with van der Waals surface area (Å²) in [6.45, 7) is 3.64. The maximum absolute atomic E-state index is 12.1. The summed E-state index contributed by atoms with van der Waals surface area (Å²) in [7, 11) is 0. The number of carbonyl (C=O) groups excluding carboxylic acids is 1. The molecule has 0 aliphatic carbocycles.